The number of ether oxygens (including phenoxy) is 3. The van der Waals surface area contributed by atoms with Gasteiger partial charge in [0.25, 0.3) is 0 Å². The molecule has 0 saturated heterocycles. The van der Waals surface area contributed by atoms with Crippen LogP contribution in [0.4, 0.5) is 0 Å². The zero-order valence-electron chi connectivity index (χ0n) is 12.1. The topological polar surface area (TPSA) is 133 Å². The largest absolute Gasteiger partial charge is 0.491 e. The van der Waals surface area contributed by atoms with Crippen molar-refractivity contribution in [3.8, 4) is 5.75 Å². The average molecular weight is 314 g/mol. The lowest BCUT2D eigenvalue weighted by Gasteiger charge is -2.19. The standard InChI is InChI=1S/C12H14N2O8/c1-20-7(21-2)5-14-4-6(12(17)18)9(15)10(22-3)8(14)11(16)13-19/h4,7H,5H2,1-3H3,(H,17,18). The summed E-state index contributed by atoms with van der Waals surface area (Å²) in [5.74, 6) is -3.38. The van der Waals surface area contributed by atoms with Crippen molar-refractivity contribution in [3.05, 3.63) is 32.6 Å². The van der Waals surface area contributed by atoms with E-state index in [1.807, 2.05) is 0 Å². The van der Waals surface area contributed by atoms with Gasteiger partial charge >= 0.3 is 11.9 Å². The van der Waals surface area contributed by atoms with Crippen molar-refractivity contribution in [3.63, 3.8) is 0 Å². The number of nitrogens with zero attached hydrogens (tertiary/aromatic N) is 2. The van der Waals surface area contributed by atoms with E-state index in [4.69, 9.17) is 19.3 Å². The van der Waals surface area contributed by atoms with Crippen LogP contribution in [0.2, 0.25) is 0 Å². The van der Waals surface area contributed by atoms with E-state index in [2.05, 4.69) is 5.18 Å². The number of hydrogen-bond acceptors (Lipinski definition) is 7. The van der Waals surface area contributed by atoms with Crippen molar-refractivity contribution in [2.75, 3.05) is 21.3 Å². The molecule has 0 radical (unpaired) electrons. The van der Waals surface area contributed by atoms with Crippen molar-refractivity contribution in [2.45, 2.75) is 12.8 Å². The van der Waals surface area contributed by atoms with Gasteiger partial charge in [-0.1, -0.05) is 0 Å². The maximum atomic E-state index is 12.0. The van der Waals surface area contributed by atoms with Gasteiger partial charge in [-0.25, -0.2) is 4.79 Å². The molecule has 1 amide bonds. The second-order valence-corrected chi connectivity index (χ2v) is 4.01. The third-order valence-corrected chi connectivity index (χ3v) is 2.83. The Hall–Kier alpha value is -2.59. The molecule has 120 valence electrons. The SMILES string of the molecule is COc1c(C(=O)N=O)n(CC(OC)OC)cc(C(=O)O)c1=O. The fourth-order valence-electron chi connectivity index (χ4n) is 1.79. The first-order chi connectivity index (χ1) is 10.4. The molecule has 10 heteroatoms. The fourth-order valence-corrected chi connectivity index (χ4v) is 1.79. The molecule has 0 saturated carbocycles. The van der Waals surface area contributed by atoms with Crippen molar-refractivity contribution in [1.29, 1.82) is 0 Å². The summed E-state index contributed by atoms with van der Waals surface area (Å²) in [6, 6.07) is 0. The second-order valence-electron chi connectivity index (χ2n) is 4.01. The number of aromatic carboxylic acids is 1. The number of carbonyl (C=O) groups excluding carboxylic acids is 1. The molecule has 0 unspecified atom stereocenters. The Balaban J connectivity index is 3.65. The summed E-state index contributed by atoms with van der Waals surface area (Å²) >= 11 is 0. The van der Waals surface area contributed by atoms with Crippen LogP contribution in [0.1, 0.15) is 20.8 Å². The van der Waals surface area contributed by atoms with Crippen molar-refractivity contribution < 1.29 is 28.9 Å². The molecule has 10 nitrogen and oxygen atoms in total. The van der Waals surface area contributed by atoms with Crippen molar-refractivity contribution >= 4 is 11.9 Å². The molecule has 1 aromatic rings. The van der Waals surface area contributed by atoms with Crippen LogP contribution < -0.4 is 10.2 Å². The molecule has 0 aliphatic rings. The molecule has 1 aromatic heterocycles. The molecule has 0 aromatic carbocycles. The van der Waals surface area contributed by atoms with Gasteiger partial charge < -0.3 is 23.9 Å². The second kappa shape index (κ2) is 7.43. The summed E-state index contributed by atoms with van der Waals surface area (Å²) in [4.78, 5) is 45.3. The third kappa shape index (κ3) is 3.35. The van der Waals surface area contributed by atoms with E-state index < -0.39 is 40.6 Å². The predicted molar refractivity (Wildman–Crippen MR) is 72.1 cm³/mol. The van der Waals surface area contributed by atoms with Gasteiger partial charge in [0.05, 0.1) is 13.7 Å². The minimum absolute atomic E-state index is 0.166. The van der Waals surface area contributed by atoms with Crippen LogP contribution in [-0.2, 0) is 16.0 Å². The summed E-state index contributed by atoms with van der Waals surface area (Å²) in [5.41, 5.74) is -2.15. The highest BCUT2D eigenvalue weighted by Crippen LogP contribution is 2.17. The zero-order chi connectivity index (χ0) is 16.9. The van der Waals surface area contributed by atoms with Gasteiger partial charge in [-0.3, -0.25) is 9.59 Å². The molecule has 1 rings (SSSR count). The number of pyridine rings is 1. The van der Waals surface area contributed by atoms with E-state index in [0.717, 1.165) is 17.9 Å². The minimum Gasteiger partial charge on any atom is -0.491 e. The molecule has 0 spiro atoms. The molecule has 22 heavy (non-hydrogen) atoms. The highest BCUT2D eigenvalue weighted by Gasteiger charge is 2.26. The lowest BCUT2D eigenvalue weighted by molar-refractivity contribution is -0.111. The van der Waals surface area contributed by atoms with E-state index in [1.54, 1.807) is 0 Å². The van der Waals surface area contributed by atoms with E-state index in [0.29, 0.717) is 0 Å². The van der Waals surface area contributed by atoms with Crippen LogP contribution in [0.3, 0.4) is 0 Å². The highest BCUT2D eigenvalue weighted by molar-refractivity contribution is 5.97. The summed E-state index contributed by atoms with van der Waals surface area (Å²) in [7, 11) is 3.72. The maximum absolute atomic E-state index is 12.0. The average Bonchev–Trinajstić information content (AvgIpc) is 2.51. The molecule has 0 fully saturated rings. The number of rotatable bonds is 7. The zero-order valence-corrected chi connectivity index (χ0v) is 12.1. The van der Waals surface area contributed by atoms with Gasteiger partial charge in [-0.05, 0) is 0 Å². The number of methoxy groups -OCH3 is 3. The van der Waals surface area contributed by atoms with Crippen molar-refractivity contribution in [2.24, 2.45) is 5.18 Å². The Bertz CT molecular complexity index is 647. The molecule has 1 N–H and O–H groups in total. The van der Waals surface area contributed by atoms with Gasteiger partial charge in [0.1, 0.15) is 5.56 Å². The number of nitroso groups, excluding NO2 is 1. The van der Waals surface area contributed by atoms with E-state index in [9.17, 15) is 19.3 Å². The fraction of sp³-hybridized carbons (Fsp3) is 0.417. The third-order valence-electron chi connectivity index (χ3n) is 2.83. The first-order valence-electron chi connectivity index (χ1n) is 5.89. The number of amides is 1. The van der Waals surface area contributed by atoms with Gasteiger partial charge in [0.15, 0.2) is 17.7 Å². The van der Waals surface area contributed by atoms with E-state index >= 15 is 0 Å². The Kier molecular flexibility index (Phi) is 5.90. The van der Waals surface area contributed by atoms with Gasteiger partial charge in [-0.15, -0.1) is 4.91 Å². The van der Waals surface area contributed by atoms with Gasteiger partial charge in [0.2, 0.25) is 5.43 Å². The first-order valence-corrected chi connectivity index (χ1v) is 5.89. The summed E-state index contributed by atoms with van der Waals surface area (Å²) in [5, 5.41) is 11.3. The van der Waals surface area contributed by atoms with E-state index in [1.165, 1.54) is 14.2 Å². The molecule has 0 bridgehead atoms. The lowest BCUT2D eigenvalue weighted by atomic mass is 10.2. The van der Waals surface area contributed by atoms with Gasteiger partial charge in [0, 0.05) is 25.6 Å². The number of carboxylic acid groups (broad SMARTS) is 1. The highest BCUT2D eigenvalue weighted by atomic mass is 16.7. The van der Waals surface area contributed by atoms with Crippen LogP contribution in [0.25, 0.3) is 0 Å². The Morgan fingerprint density at radius 1 is 1.32 bits per heavy atom. The number of carboxylic acids is 1. The lowest BCUT2D eigenvalue weighted by Crippen LogP contribution is -2.29. The van der Waals surface area contributed by atoms with Crippen LogP contribution in [0.15, 0.2) is 16.2 Å². The molecule has 1 heterocycles. The molecular weight excluding hydrogens is 300 g/mol. The molecular formula is C12H14N2O8. The predicted octanol–water partition coefficient (Wildman–Crippen LogP) is 0.0806. The van der Waals surface area contributed by atoms with Gasteiger partial charge in [-0.2, -0.15) is 0 Å². The monoisotopic (exact) mass is 314 g/mol. The Morgan fingerprint density at radius 2 is 1.91 bits per heavy atom. The van der Waals surface area contributed by atoms with Crippen LogP contribution in [-0.4, -0.2) is 49.2 Å². The van der Waals surface area contributed by atoms with Crippen LogP contribution >= 0.6 is 0 Å². The quantitative estimate of drug-likeness (QED) is 0.552. The molecule has 0 aliphatic heterocycles. The molecule has 0 atom stereocenters. The first kappa shape index (κ1) is 17.5. The van der Waals surface area contributed by atoms with E-state index in [-0.39, 0.29) is 6.54 Å². The van der Waals surface area contributed by atoms with Crippen LogP contribution in [0.5, 0.6) is 5.75 Å². The van der Waals surface area contributed by atoms with Crippen molar-refractivity contribution in [1.82, 2.24) is 4.57 Å². The normalized spacial score (nSPS) is 10.5. The molecule has 0 aliphatic carbocycles. The summed E-state index contributed by atoms with van der Waals surface area (Å²) < 4.78 is 15.7. The maximum Gasteiger partial charge on any atom is 0.341 e. The Morgan fingerprint density at radius 3 is 2.32 bits per heavy atom. The summed E-state index contributed by atoms with van der Waals surface area (Å²) in [6.45, 7) is -0.166. The minimum atomic E-state index is -1.51. The number of aromatic nitrogens is 1. The van der Waals surface area contributed by atoms with Crippen LogP contribution in [0, 0.1) is 4.91 Å². The smallest absolute Gasteiger partial charge is 0.341 e. The number of hydrogen-bond donors (Lipinski definition) is 1. The summed E-state index contributed by atoms with van der Waals surface area (Å²) in [6.07, 6.45) is 0.0449. The Labute approximate surface area is 124 Å². The number of carbonyl (C=O) groups is 2.